The van der Waals surface area contributed by atoms with Gasteiger partial charge in [0.05, 0.1) is 21.8 Å². The van der Waals surface area contributed by atoms with Gasteiger partial charge in [-0.1, -0.05) is 41.6 Å². The van der Waals surface area contributed by atoms with Crippen LogP contribution in [0, 0.1) is 13.8 Å². The van der Waals surface area contributed by atoms with E-state index in [4.69, 9.17) is 0 Å². The molecule has 2 aromatic carbocycles. The van der Waals surface area contributed by atoms with Gasteiger partial charge in [-0.2, -0.15) is 4.68 Å². The zero-order valence-electron chi connectivity index (χ0n) is 15.2. The van der Waals surface area contributed by atoms with E-state index in [-0.39, 0.29) is 10.8 Å². The third-order valence-electron chi connectivity index (χ3n) is 4.32. The summed E-state index contributed by atoms with van der Waals surface area (Å²) in [5.41, 5.74) is 3.74. The van der Waals surface area contributed by atoms with Crippen molar-refractivity contribution in [2.24, 2.45) is 0 Å². The molecule has 7 nitrogen and oxygen atoms in total. The Morgan fingerprint density at radius 1 is 1.15 bits per heavy atom. The zero-order chi connectivity index (χ0) is 19.0. The van der Waals surface area contributed by atoms with Crippen LogP contribution in [-0.2, 0) is 0 Å². The lowest BCUT2D eigenvalue weighted by molar-refractivity contribution is 0.749. The van der Waals surface area contributed by atoms with Crippen molar-refractivity contribution in [2.75, 3.05) is 0 Å². The van der Waals surface area contributed by atoms with Crippen LogP contribution in [0.2, 0.25) is 0 Å². The molecule has 0 aliphatic rings. The third kappa shape index (κ3) is 3.35. The lowest BCUT2D eigenvalue weighted by Crippen LogP contribution is -2.13. The van der Waals surface area contributed by atoms with Crippen LogP contribution in [-0.4, -0.2) is 30.2 Å². The summed E-state index contributed by atoms with van der Waals surface area (Å²) in [6.45, 7) is 6.05. The van der Waals surface area contributed by atoms with Crippen molar-refractivity contribution < 1.29 is 0 Å². The van der Waals surface area contributed by atoms with Gasteiger partial charge in [-0.15, -0.1) is 5.10 Å². The molecule has 0 saturated heterocycles. The van der Waals surface area contributed by atoms with E-state index in [0.29, 0.717) is 21.9 Å². The van der Waals surface area contributed by atoms with E-state index in [1.807, 2.05) is 44.2 Å². The maximum absolute atomic E-state index is 12.3. The van der Waals surface area contributed by atoms with E-state index in [1.165, 1.54) is 17.3 Å². The lowest BCUT2D eigenvalue weighted by Gasteiger charge is -2.12. The molecule has 0 fully saturated rings. The number of tetrazole rings is 1. The van der Waals surface area contributed by atoms with Gasteiger partial charge >= 0.3 is 0 Å². The average molecular weight is 378 g/mol. The van der Waals surface area contributed by atoms with E-state index >= 15 is 0 Å². The van der Waals surface area contributed by atoms with Gasteiger partial charge < -0.3 is 4.98 Å². The molecular weight excluding hydrogens is 360 g/mol. The summed E-state index contributed by atoms with van der Waals surface area (Å²) in [4.78, 5) is 19.8. The van der Waals surface area contributed by atoms with Gasteiger partial charge in [0.15, 0.2) is 0 Å². The average Bonchev–Trinajstić information content (AvgIpc) is 3.09. The van der Waals surface area contributed by atoms with Gasteiger partial charge in [-0.3, -0.25) is 4.79 Å². The minimum Gasteiger partial charge on any atom is -0.309 e. The summed E-state index contributed by atoms with van der Waals surface area (Å²) in [7, 11) is 0. The fourth-order valence-corrected chi connectivity index (χ4v) is 3.82. The summed E-state index contributed by atoms with van der Waals surface area (Å²) in [5, 5.41) is 13.2. The number of thioether (sulfide) groups is 1. The van der Waals surface area contributed by atoms with Crippen LogP contribution in [0.5, 0.6) is 0 Å². The fraction of sp³-hybridized carbons (Fsp3) is 0.211. The number of H-pyrrole nitrogens is 1. The van der Waals surface area contributed by atoms with Gasteiger partial charge in [0.2, 0.25) is 5.16 Å². The Hall–Kier alpha value is -3.00. The molecular formula is C19H18N6OS. The Balaban J connectivity index is 1.68. The van der Waals surface area contributed by atoms with E-state index < -0.39 is 0 Å². The van der Waals surface area contributed by atoms with E-state index in [2.05, 4.69) is 38.5 Å². The standard InChI is InChI=1S/C19H18N6OS/c1-11-8-9-16(12(2)10-11)25-19(22-23-24-25)27-13(3)17-20-15-7-5-4-6-14(15)18(26)21-17/h4-10,13H,1-3H3,(H,20,21,26). The Bertz CT molecular complexity index is 1180. The highest BCUT2D eigenvalue weighted by atomic mass is 32.2. The number of fused-ring (bicyclic) bond motifs is 1. The van der Waals surface area contributed by atoms with Crippen molar-refractivity contribution in [1.29, 1.82) is 0 Å². The minimum atomic E-state index is -0.142. The minimum absolute atomic E-state index is 0.127. The summed E-state index contributed by atoms with van der Waals surface area (Å²) in [6, 6.07) is 13.4. The monoisotopic (exact) mass is 378 g/mol. The van der Waals surface area contributed by atoms with Crippen molar-refractivity contribution >= 4 is 22.7 Å². The number of rotatable bonds is 4. The number of nitrogens with one attached hydrogen (secondary N) is 1. The fourth-order valence-electron chi connectivity index (χ4n) is 2.96. The molecule has 0 aliphatic heterocycles. The summed E-state index contributed by atoms with van der Waals surface area (Å²) < 4.78 is 1.72. The maximum atomic E-state index is 12.3. The van der Waals surface area contributed by atoms with E-state index in [0.717, 1.165) is 11.3 Å². The van der Waals surface area contributed by atoms with Gasteiger partial charge in [-0.25, -0.2) is 4.98 Å². The quantitative estimate of drug-likeness (QED) is 0.548. The Morgan fingerprint density at radius 2 is 1.96 bits per heavy atom. The molecule has 2 heterocycles. The third-order valence-corrected chi connectivity index (χ3v) is 5.36. The van der Waals surface area contributed by atoms with Crippen LogP contribution in [0.3, 0.4) is 0 Å². The number of para-hydroxylation sites is 1. The molecule has 136 valence electrons. The first-order valence-electron chi connectivity index (χ1n) is 8.54. The van der Waals surface area contributed by atoms with Gasteiger partial charge in [0, 0.05) is 0 Å². The molecule has 2 aromatic heterocycles. The largest absolute Gasteiger partial charge is 0.309 e. The predicted molar refractivity (Wildman–Crippen MR) is 105 cm³/mol. The van der Waals surface area contributed by atoms with Gasteiger partial charge in [0.1, 0.15) is 5.82 Å². The molecule has 0 saturated carbocycles. The van der Waals surface area contributed by atoms with Crippen LogP contribution in [0.15, 0.2) is 52.4 Å². The first-order chi connectivity index (χ1) is 13.0. The van der Waals surface area contributed by atoms with Crippen LogP contribution in [0.4, 0.5) is 0 Å². The molecule has 0 aliphatic carbocycles. The van der Waals surface area contributed by atoms with Crippen molar-refractivity contribution in [1.82, 2.24) is 30.2 Å². The van der Waals surface area contributed by atoms with Crippen LogP contribution >= 0.6 is 11.8 Å². The molecule has 4 aromatic rings. The highest BCUT2D eigenvalue weighted by Crippen LogP contribution is 2.32. The number of aromatic amines is 1. The Labute approximate surface area is 159 Å². The second-order valence-corrected chi connectivity index (χ2v) is 7.70. The van der Waals surface area contributed by atoms with Gasteiger partial charge in [0.25, 0.3) is 5.56 Å². The van der Waals surface area contributed by atoms with Crippen molar-refractivity contribution in [3.8, 4) is 5.69 Å². The summed E-state index contributed by atoms with van der Waals surface area (Å²) >= 11 is 1.45. The van der Waals surface area contributed by atoms with Crippen LogP contribution < -0.4 is 5.56 Å². The number of benzene rings is 2. The molecule has 1 N–H and O–H groups in total. The topological polar surface area (TPSA) is 89.3 Å². The molecule has 0 spiro atoms. The first-order valence-corrected chi connectivity index (χ1v) is 9.42. The smallest absolute Gasteiger partial charge is 0.258 e. The van der Waals surface area contributed by atoms with Crippen LogP contribution in [0.25, 0.3) is 16.6 Å². The molecule has 0 bridgehead atoms. The molecule has 27 heavy (non-hydrogen) atoms. The van der Waals surface area contributed by atoms with Crippen molar-refractivity contribution in [3.05, 3.63) is 69.8 Å². The number of aryl methyl sites for hydroxylation is 2. The zero-order valence-corrected chi connectivity index (χ0v) is 16.0. The SMILES string of the molecule is Cc1ccc(-n2nnnc2SC(C)c2nc3ccccc3c(=O)[nH]2)c(C)c1. The second-order valence-electron chi connectivity index (χ2n) is 6.39. The lowest BCUT2D eigenvalue weighted by atomic mass is 10.1. The predicted octanol–water partition coefficient (Wildman–Crippen LogP) is 3.37. The molecule has 4 rings (SSSR count). The Morgan fingerprint density at radius 3 is 2.78 bits per heavy atom. The highest BCUT2D eigenvalue weighted by molar-refractivity contribution is 7.99. The molecule has 1 unspecified atom stereocenters. The normalized spacial score (nSPS) is 12.4. The summed E-state index contributed by atoms with van der Waals surface area (Å²) in [5.74, 6) is 0.596. The number of nitrogens with zero attached hydrogens (tertiary/aromatic N) is 5. The number of aromatic nitrogens is 6. The maximum Gasteiger partial charge on any atom is 0.258 e. The molecule has 1 atom stereocenters. The first kappa shape index (κ1) is 17.4. The second kappa shape index (κ2) is 6.96. The van der Waals surface area contributed by atoms with E-state index in [1.54, 1.807) is 10.7 Å². The molecule has 8 heteroatoms. The number of hydrogen-bond donors (Lipinski definition) is 1. The highest BCUT2D eigenvalue weighted by Gasteiger charge is 2.18. The molecule has 0 radical (unpaired) electrons. The van der Waals surface area contributed by atoms with Gasteiger partial charge in [-0.05, 0) is 55.0 Å². The summed E-state index contributed by atoms with van der Waals surface area (Å²) in [6.07, 6.45) is 0. The molecule has 0 amide bonds. The van der Waals surface area contributed by atoms with Crippen LogP contribution in [0.1, 0.15) is 29.1 Å². The van der Waals surface area contributed by atoms with E-state index in [9.17, 15) is 4.79 Å². The van der Waals surface area contributed by atoms with Crippen molar-refractivity contribution in [3.63, 3.8) is 0 Å². The van der Waals surface area contributed by atoms with Crippen molar-refractivity contribution in [2.45, 2.75) is 31.2 Å². The number of hydrogen-bond acceptors (Lipinski definition) is 6. The Kier molecular flexibility index (Phi) is 4.49.